The quantitative estimate of drug-likeness (QED) is 0.856. The first-order chi connectivity index (χ1) is 10.0. The highest BCUT2D eigenvalue weighted by Crippen LogP contribution is 2.25. The molecule has 1 aromatic heterocycles. The van der Waals surface area contributed by atoms with Crippen LogP contribution >= 0.6 is 11.6 Å². The minimum Gasteiger partial charge on any atom is -0.481 e. The Morgan fingerprint density at radius 3 is 2.52 bits per heavy atom. The van der Waals surface area contributed by atoms with E-state index in [-0.39, 0.29) is 18.7 Å². The molecule has 0 spiro atoms. The van der Waals surface area contributed by atoms with Crippen LogP contribution < -0.4 is 5.32 Å². The summed E-state index contributed by atoms with van der Waals surface area (Å²) in [5, 5.41) is 15.7. The van der Waals surface area contributed by atoms with Crippen LogP contribution in [0.1, 0.15) is 24.3 Å². The molecule has 0 aliphatic heterocycles. The van der Waals surface area contributed by atoms with Gasteiger partial charge >= 0.3 is 5.97 Å². The lowest BCUT2D eigenvalue weighted by molar-refractivity contribution is -0.137. The van der Waals surface area contributed by atoms with Gasteiger partial charge in [0.15, 0.2) is 5.82 Å². The van der Waals surface area contributed by atoms with Crippen molar-refractivity contribution in [3.8, 4) is 0 Å². The summed E-state index contributed by atoms with van der Waals surface area (Å²) in [6.45, 7) is 0. The number of rotatable bonds is 6. The molecule has 1 heterocycles. The lowest BCUT2D eigenvalue weighted by Gasteiger charge is -2.14. The number of halogens is 1. The number of hydrogen-bond donors (Lipinski definition) is 2. The summed E-state index contributed by atoms with van der Waals surface area (Å²) in [5.74, 6) is -1.44. The fourth-order valence-electron chi connectivity index (χ4n) is 1.95. The van der Waals surface area contributed by atoms with Gasteiger partial charge in [-0.25, -0.2) is 0 Å². The van der Waals surface area contributed by atoms with Crippen molar-refractivity contribution in [2.45, 2.75) is 18.8 Å². The van der Waals surface area contributed by atoms with Crippen LogP contribution in [0.25, 0.3) is 0 Å². The molecule has 2 rings (SSSR count). The molecule has 6 nitrogen and oxygen atoms in total. The van der Waals surface area contributed by atoms with Crippen molar-refractivity contribution in [1.29, 1.82) is 0 Å². The summed E-state index contributed by atoms with van der Waals surface area (Å²) in [6, 6.07) is 8.29. The molecular weight excluding hydrogens is 296 g/mol. The van der Waals surface area contributed by atoms with E-state index < -0.39 is 11.9 Å². The summed E-state index contributed by atoms with van der Waals surface area (Å²) in [6.07, 6.45) is 1.22. The number of anilines is 1. The zero-order valence-electron chi connectivity index (χ0n) is 11.0. The molecule has 2 aromatic rings. The van der Waals surface area contributed by atoms with E-state index in [9.17, 15) is 9.59 Å². The predicted molar refractivity (Wildman–Crippen MR) is 76.2 cm³/mol. The molecule has 0 saturated carbocycles. The number of carboxylic acids is 1. The van der Waals surface area contributed by atoms with Crippen molar-refractivity contribution in [2.75, 3.05) is 5.32 Å². The third-order valence-electron chi connectivity index (χ3n) is 2.90. The van der Waals surface area contributed by atoms with Crippen molar-refractivity contribution in [1.82, 2.24) is 5.16 Å². The number of carbonyl (C=O) groups excluding carboxylic acids is 1. The number of aliphatic carboxylic acids is 1. The number of carbonyl (C=O) groups is 2. The molecule has 7 heteroatoms. The molecule has 0 saturated heterocycles. The molecule has 0 aliphatic rings. The molecule has 1 atom stereocenters. The van der Waals surface area contributed by atoms with Gasteiger partial charge in [-0.05, 0) is 17.7 Å². The Morgan fingerprint density at radius 1 is 1.24 bits per heavy atom. The number of aromatic nitrogens is 1. The highest BCUT2D eigenvalue weighted by Gasteiger charge is 2.20. The van der Waals surface area contributed by atoms with E-state index in [2.05, 4.69) is 15.0 Å². The number of nitrogens with zero attached hydrogens (tertiary/aromatic N) is 1. The lowest BCUT2D eigenvalue weighted by atomic mass is 9.92. The molecular formula is C14H13ClN2O4. The first-order valence-corrected chi connectivity index (χ1v) is 6.60. The largest absolute Gasteiger partial charge is 0.481 e. The van der Waals surface area contributed by atoms with Crippen molar-refractivity contribution in [2.24, 2.45) is 0 Å². The van der Waals surface area contributed by atoms with Crippen LogP contribution in [0.2, 0.25) is 5.02 Å². The van der Waals surface area contributed by atoms with Gasteiger partial charge in [-0.2, -0.15) is 0 Å². The third kappa shape index (κ3) is 4.61. The SMILES string of the molecule is O=C(O)CC(CC(=O)Nc1ccon1)c1ccc(Cl)cc1. The second kappa shape index (κ2) is 6.90. The molecule has 1 aromatic carbocycles. The average Bonchev–Trinajstić information content (AvgIpc) is 2.91. The van der Waals surface area contributed by atoms with Crippen LogP contribution in [0.5, 0.6) is 0 Å². The zero-order chi connectivity index (χ0) is 15.2. The van der Waals surface area contributed by atoms with Crippen LogP contribution in [0, 0.1) is 0 Å². The van der Waals surface area contributed by atoms with Crippen LogP contribution in [0.4, 0.5) is 5.82 Å². The van der Waals surface area contributed by atoms with E-state index >= 15 is 0 Å². The Balaban J connectivity index is 2.07. The summed E-state index contributed by atoms with van der Waals surface area (Å²) in [4.78, 5) is 22.9. The minimum atomic E-state index is -0.968. The molecule has 0 fully saturated rings. The molecule has 2 N–H and O–H groups in total. The highest BCUT2D eigenvalue weighted by molar-refractivity contribution is 6.30. The Morgan fingerprint density at radius 2 is 1.95 bits per heavy atom. The smallest absolute Gasteiger partial charge is 0.303 e. The Labute approximate surface area is 125 Å². The van der Waals surface area contributed by atoms with E-state index in [1.165, 1.54) is 12.3 Å². The van der Waals surface area contributed by atoms with Gasteiger partial charge in [-0.15, -0.1) is 0 Å². The number of carboxylic acid groups (broad SMARTS) is 1. The lowest BCUT2D eigenvalue weighted by Crippen LogP contribution is -2.17. The Bertz CT molecular complexity index is 610. The maximum Gasteiger partial charge on any atom is 0.303 e. The number of hydrogen-bond acceptors (Lipinski definition) is 4. The van der Waals surface area contributed by atoms with Gasteiger partial charge in [0.05, 0.1) is 6.42 Å². The maximum atomic E-state index is 11.9. The Kier molecular flexibility index (Phi) is 4.94. The number of nitrogens with one attached hydrogen (secondary N) is 1. The summed E-state index contributed by atoms with van der Waals surface area (Å²) in [5.41, 5.74) is 0.747. The van der Waals surface area contributed by atoms with Gasteiger partial charge in [0.25, 0.3) is 0 Å². The van der Waals surface area contributed by atoms with Crippen LogP contribution in [-0.2, 0) is 9.59 Å². The molecule has 110 valence electrons. The number of benzene rings is 1. The molecule has 0 aliphatic carbocycles. The van der Waals surface area contributed by atoms with E-state index in [0.717, 1.165) is 5.56 Å². The van der Waals surface area contributed by atoms with Crippen LogP contribution in [0.3, 0.4) is 0 Å². The third-order valence-corrected chi connectivity index (χ3v) is 3.15. The topological polar surface area (TPSA) is 92.4 Å². The second-order valence-corrected chi connectivity index (χ2v) is 4.92. The van der Waals surface area contributed by atoms with Gasteiger partial charge < -0.3 is 14.9 Å². The highest BCUT2D eigenvalue weighted by atomic mass is 35.5. The van der Waals surface area contributed by atoms with E-state index in [4.69, 9.17) is 16.7 Å². The standard InChI is InChI=1S/C14H13ClN2O4/c15-11-3-1-9(2-4-11)10(8-14(19)20)7-13(18)16-12-5-6-21-17-12/h1-6,10H,7-8H2,(H,19,20)(H,16,17,18). The van der Waals surface area contributed by atoms with Crippen LogP contribution in [0.15, 0.2) is 41.1 Å². The van der Waals surface area contributed by atoms with Crippen molar-refractivity contribution in [3.05, 3.63) is 47.2 Å². The molecule has 21 heavy (non-hydrogen) atoms. The fraction of sp³-hybridized carbons (Fsp3) is 0.214. The molecule has 1 amide bonds. The van der Waals surface area contributed by atoms with E-state index in [0.29, 0.717) is 10.8 Å². The van der Waals surface area contributed by atoms with Gasteiger partial charge in [0.2, 0.25) is 5.91 Å². The van der Waals surface area contributed by atoms with Gasteiger partial charge in [0.1, 0.15) is 6.26 Å². The monoisotopic (exact) mass is 308 g/mol. The van der Waals surface area contributed by atoms with E-state index in [1.54, 1.807) is 24.3 Å². The average molecular weight is 309 g/mol. The zero-order valence-corrected chi connectivity index (χ0v) is 11.7. The minimum absolute atomic E-state index is 0.0286. The molecule has 0 radical (unpaired) electrons. The summed E-state index contributed by atoms with van der Waals surface area (Å²) < 4.78 is 4.61. The number of amides is 1. The van der Waals surface area contributed by atoms with Gasteiger partial charge in [-0.1, -0.05) is 28.9 Å². The van der Waals surface area contributed by atoms with Crippen molar-refractivity contribution in [3.63, 3.8) is 0 Å². The predicted octanol–water partition coefficient (Wildman–Crippen LogP) is 2.92. The Hall–Kier alpha value is -2.34. The second-order valence-electron chi connectivity index (χ2n) is 4.48. The fourth-order valence-corrected chi connectivity index (χ4v) is 2.07. The first kappa shape index (κ1) is 15.1. The molecule has 1 unspecified atom stereocenters. The van der Waals surface area contributed by atoms with Gasteiger partial charge in [0, 0.05) is 23.4 Å². The maximum absolute atomic E-state index is 11.9. The molecule has 0 bridgehead atoms. The summed E-state index contributed by atoms with van der Waals surface area (Å²) >= 11 is 5.81. The summed E-state index contributed by atoms with van der Waals surface area (Å²) in [7, 11) is 0. The van der Waals surface area contributed by atoms with E-state index in [1.807, 2.05) is 0 Å². The van der Waals surface area contributed by atoms with Crippen LogP contribution in [-0.4, -0.2) is 22.1 Å². The van der Waals surface area contributed by atoms with Crippen molar-refractivity contribution >= 4 is 29.3 Å². The normalized spacial score (nSPS) is 11.9. The van der Waals surface area contributed by atoms with Gasteiger partial charge in [-0.3, -0.25) is 9.59 Å². The van der Waals surface area contributed by atoms with Crippen molar-refractivity contribution < 1.29 is 19.2 Å². The first-order valence-electron chi connectivity index (χ1n) is 6.22.